The summed E-state index contributed by atoms with van der Waals surface area (Å²) in [5.41, 5.74) is 2.01. The summed E-state index contributed by atoms with van der Waals surface area (Å²) in [5.74, 6) is 0.805. The van der Waals surface area contributed by atoms with Gasteiger partial charge in [0.15, 0.2) is 0 Å². The van der Waals surface area contributed by atoms with Crippen LogP contribution in [0.15, 0.2) is 42.4 Å². The summed E-state index contributed by atoms with van der Waals surface area (Å²) in [4.78, 5) is 0. The van der Waals surface area contributed by atoms with E-state index in [0.717, 1.165) is 16.9 Å². The minimum atomic E-state index is -0.452. The van der Waals surface area contributed by atoms with Crippen molar-refractivity contribution in [1.82, 2.24) is 0 Å². The van der Waals surface area contributed by atoms with Gasteiger partial charge in [0.1, 0.15) is 5.76 Å². The molecule has 0 amide bonds. The van der Waals surface area contributed by atoms with Crippen LogP contribution in [-0.4, -0.2) is 5.11 Å². The van der Waals surface area contributed by atoms with Gasteiger partial charge in [0.2, 0.25) is 0 Å². The van der Waals surface area contributed by atoms with Crippen LogP contribution in [0.3, 0.4) is 0 Å². The molecular weight excluding hydrogens is 188 g/mol. The van der Waals surface area contributed by atoms with Crippen LogP contribution < -0.4 is 0 Å². The van der Waals surface area contributed by atoms with Crippen molar-refractivity contribution in [3.8, 4) is 0 Å². The first-order valence-electron chi connectivity index (χ1n) is 5.06. The molecule has 0 saturated carbocycles. The molecule has 0 radical (unpaired) electrons. The van der Waals surface area contributed by atoms with E-state index in [9.17, 15) is 5.11 Å². The van der Waals surface area contributed by atoms with Crippen molar-refractivity contribution in [2.45, 2.75) is 19.4 Å². The SMILES string of the molecule is CC=COC1=Cc2ccccc2[C@@H](O)C1. The second-order valence-electron chi connectivity index (χ2n) is 3.55. The lowest BCUT2D eigenvalue weighted by Gasteiger charge is -2.20. The van der Waals surface area contributed by atoms with Crippen molar-refractivity contribution < 1.29 is 9.84 Å². The lowest BCUT2D eigenvalue weighted by Crippen LogP contribution is -2.07. The molecule has 1 aliphatic carbocycles. The fraction of sp³-hybridized carbons (Fsp3) is 0.231. The topological polar surface area (TPSA) is 29.5 Å². The number of ether oxygens (including phenoxy) is 1. The molecule has 2 nitrogen and oxygen atoms in total. The van der Waals surface area contributed by atoms with Gasteiger partial charge in [-0.3, -0.25) is 0 Å². The van der Waals surface area contributed by atoms with Crippen molar-refractivity contribution in [1.29, 1.82) is 0 Å². The minimum Gasteiger partial charge on any atom is -0.470 e. The van der Waals surface area contributed by atoms with Crippen molar-refractivity contribution in [3.63, 3.8) is 0 Å². The number of hydrogen-bond acceptors (Lipinski definition) is 2. The summed E-state index contributed by atoms with van der Waals surface area (Å²) >= 11 is 0. The van der Waals surface area contributed by atoms with Crippen LogP contribution in [-0.2, 0) is 4.74 Å². The zero-order valence-corrected chi connectivity index (χ0v) is 8.68. The molecule has 15 heavy (non-hydrogen) atoms. The smallest absolute Gasteiger partial charge is 0.107 e. The molecule has 1 aromatic carbocycles. The van der Waals surface area contributed by atoms with Crippen molar-refractivity contribution in [3.05, 3.63) is 53.5 Å². The number of rotatable bonds is 2. The number of aliphatic hydroxyl groups excluding tert-OH is 1. The first-order chi connectivity index (χ1) is 7.31. The van der Waals surface area contributed by atoms with Crippen LogP contribution in [0.4, 0.5) is 0 Å². The van der Waals surface area contributed by atoms with Gasteiger partial charge in [-0.15, -0.1) is 0 Å². The molecule has 78 valence electrons. The Kier molecular flexibility index (Phi) is 2.88. The Bertz CT molecular complexity index is 405. The summed E-state index contributed by atoms with van der Waals surface area (Å²) in [6.45, 7) is 1.90. The van der Waals surface area contributed by atoms with E-state index in [-0.39, 0.29) is 0 Å². The number of hydrogen-bond donors (Lipinski definition) is 1. The standard InChI is InChI=1S/C13H14O2/c1-2-7-15-11-8-10-5-3-4-6-12(10)13(14)9-11/h2-8,13-14H,9H2,1H3/t13-/m0/s1. The monoisotopic (exact) mass is 202 g/mol. The van der Waals surface area contributed by atoms with Gasteiger partial charge in [-0.25, -0.2) is 0 Å². The van der Waals surface area contributed by atoms with E-state index in [1.54, 1.807) is 6.26 Å². The third-order valence-electron chi connectivity index (χ3n) is 2.42. The summed E-state index contributed by atoms with van der Waals surface area (Å²) < 4.78 is 5.38. The predicted octanol–water partition coefficient (Wildman–Crippen LogP) is 3.01. The third kappa shape index (κ3) is 2.10. The van der Waals surface area contributed by atoms with Gasteiger partial charge in [-0.05, 0) is 24.1 Å². The molecule has 1 N–H and O–H groups in total. The molecule has 0 saturated heterocycles. The Morgan fingerprint density at radius 2 is 2.20 bits per heavy atom. The molecular formula is C13H14O2. The normalized spacial score (nSPS) is 19.9. The molecule has 0 spiro atoms. The van der Waals surface area contributed by atoms with E-state index in [1.165, 1.54) is 0 Å². The average Bonchev–Trinajstić information content (AvgIpc) is 2.26. The lowest BCUT2D eigenvalue weighted by molar-refractivity contribution is 0.155. The second kappa shape index (κ2) is 4.32. The zero-order chi connectivity index (χ0) is 10.7. The molecule has 1 atom stereocenters. The number of benzene rings is 1. The Hall–Kier alpha value is -1.54. The highest BCUT2D eigenvalue weighted by atomic mass is 16.5. The molecule has 1 aromatic rings. The third-order valence-corrected chi connectivity index (χ3v) is 2.42. The van der Waals surface area contributed by atoms with E-state index in [4.69, 9.17) is 4.74 Å². The Balaban J connectivity index is 2.30. The average molecular weight is 202 g/mol. The first-order valence-corrected chi connectivity index (χ1v) is 5.06. The maximum atomic E-state index is 9.89. The molecule has 2 heteroatoms. The maximum absolute atomic E-state index is 9.89. The molecule has 0 unspecified atom stereocenters. The Labute approximate surface area is 89.5 Å². The van der Waals surface area contributed by atoms with Crippen LogP contribution in [0.1, 0.15) is 30.6 Å². The Morgan fingerprint density at radius 3 is 3.00 bits per heavy atom. The molecule has 2 rings (SSSR count). The maximum Gasteiger partial charge on any atom is 0.107 e. The molecule has 0 heterocycles. The van der Waals surface area contributed by atoms with Gasteiger partial charge in [-0.1, -0.05) is 30.3 Å². The quantitative estimate of drug-likeness (QED) is 0.747. The highest BCUT2D eigenvalue weighted by molar-refractivity contribution is 5.59. The van der Waals surface area contributed by atoms with E-state index in [1.807, 2.05) is 43.3 Å². The number of aliphatic hydroxyl groups is 1. The van der Waals surface area contributed by atoms with Gasteiger partial charge in [0.05, 0.1) is 12.4 Å². The Morgan fingerprint density at radius 1 is 1.40 bits per heavy atom. The number of fused-ring (bicyclic) bond motifs is 1. The summed E-state index contributed by atoms with van der Waals surface area (Å²) in [6.07, 6.45) is 5.52. The van der Waals surface area contributed by atoms with E-state index in [0.29, 0.717) is 6.42 Å². The van der Waals surface area contributed by atoms with Gasteiger partial charge in [-0.2, -0.15) is 0 Å². The molecule has 0 bridgehead atoms. The summed E-state index contributed by atoms with van der Waals surface area (Å²) in [7, 11) is 0. The zero-order valence-electron chi connectivity index (χ0n) is 8.68. The molecule has 0 aromatic heterocycles. The molecule has 0 aliphatic heterocycles. The fourth-order valence-corrected chi connectivity index (χ4v) is 1.72. The summed E-state index contributed by atoms with van der Waals surface area (Å²) in [5, 5.41) is 9.89. The van der Waals surface area contributed by atoms with E-state index < -0.39 is 6.10 Å². The highest BCUT2D eigenvalue weighted by Crippen LogP contribution is 2.31. The van der Waals surface area contributed by atoms with Crippen LogP contribution >= 0.6 is 0 Å². The second-order valence-corrected chi connectivity index (χ2v) is 3.55. The van der Waals surface area contributed by atoms with Gasteiger partial charge in [0.25, 0.3) is 0 Å². The van der Waals surface area contributed by atoms with Crippen LogP contribution in [0, 0.1) is 0 Å². The largest absolute Gasteiger partial charge is 0.470 e. The van der Waals surface area contributed by atoms with E-state index in [2.05, 4.69) is 0 Å². The highest BCUT2D eigenvalue weighted by Gasteiger charge is 2.18. The minimum absolute atomic E-state index is 0.452. The lowest BCUT2D eigenvalue weighted by atomic mass is 9.94. The first kappa shape index (κ1) is 9.99. The fourth-order valence-electron chi connectivity index (χ4n) is 1.72. The van der Waals surface area contributed by atoms with Crippen molar-refractivity contribution in [2.75, 3.05) is 0 Å². The molecule has 1 aliphatic rings. The van der Waals surface area contributed by atoms with Gasteiger partial charge < -0.3 is 9.84 Å². The van der Waals surface area contributed by atoms with Crippen LogP contribution in [0.25, 0.3) is 6.08 Å². The molecule has 0 fully saturated rings. The predicted molar refractivity (Wildman–Crippen MR) is 59.9 cm³/mol. The van der Waals surface area contributed by atoms with Gasteiger partial charge >= 0.3 is 0 Å². The van der Waals surface area contributed by atoms with Gasteiger partial charge in [0, 0.05) is 6.42 Å². The van der Waals surface area contributed by atoms with Crippen molar-refractivity contribution in [2.24, 2.45) is 0 Å². The summed E-state index contributed by atoms with van der Waals surface area (Å²) in [6, 6.07) is 7.83. The van der Waals surface area contributed by atoms with E-state index >= 15 is 0 Å². The van der Waals surface area contributed by atoms with Crippen molar-refractivity contribution >= 4 is 6.08 Å². The van der Waals surface area contributed by atoms with Crippen LogP contribution in [0.2, 0.25) is 0 Å². The number of allylic oxidation sites excluding steroid dienone is 1. The van der Waals surface area contributed by atoms with Crippen LogP contribution in [0.5, 0.6) is 0 Å².